The van der Waals surface area contributed by atoms with Crippen molar-refractivity contribution in [1.82, 2.24) is 0 Å². The maximum atomic E-state index is 10.3. The molecule has 3 N–H and O–H groups in total. The zero-order valence-electron chi connectivity index (χ0n) is 11.3. The van der Waals surface area contributed by atoms with Crippen LogP contribution in [0.15, 0.2) is 18.2 Å². The van der Waals surface area contributed by atoms with Crippen LogP contribution in [0.5, 0.6) is 11.5 Å². The van der Waals surface area contributed by atoms with Crippen LogP contribution in [-0.4, -0.2) is 25.9 Å². The molecule has 0 heterocycles. The molecule has 0 fully saturated rings. The lowest BCUT2D eigenvalue weighted by Gasteiger charge is -2.22. The molecular formula is C14H23NO3. The summed E-state index contributed by atoms with van der Waals surface area (Å²) in [4.78, 5) is 0. The van der Waals surface area contributed by atoms with Crippen molar-refractivity contribution in [3.63, 3.8) is 0 Å². The molecule has 4 nitrogen and oxygen atoms in total. The first-order valence-electron chi connectivity index (χ1n) is 6.27. The molecule has 1 rings (SSSR count). The van der Waals surface area contributed by atoms with E-state index in [1.54, 1.807) is 20.3 Å². The summed E-state index contributed by atoms with van der Waals surface area (Å²) in [5.41, 5.74) is 6.52. The van der Waals surface area contributed by atoms with Gasteiger partial charge in [-0.25, -0.2) is 0 Å². The highest BCUT2D eigenvalue weighted by Gasteiger charge is 2.20. The Balaban J connectivity index is 2.94. The van der Waals surface area contributed by atoms with Crippen LogP contribution in [-0.2, 0) is 0 Å². The molecule has 2 atom stereocenters. The highest BCUT2D eigenvalue weighted by molar-refractivity contribution is 5.43. The molecule has 0 aliphatic rings. The zero-order chi connectivity index (χ0) is 13.5. The Morgan fingerprint density at radius 2 is 1.89 bits per heavy atom. The number of aliphatic hydroxyl groups excluding tert-OH is 1. The van der Waals surface area contributed by atoms with E-state index in [-0.39, 0.29) is 5.92 Å². The molecule has 0 radical (unpaired) electrons. The van der Waals surface area contributed by atoms with Gasteiger partial charge in [0, 0.05) is 5.92 Å². The van der Waals surface area contributed by atoms with Crippen molar-refractivity contribution in [2.75, 3.05) is 20.8 Å². The fourth-order valence-corrected chi connectivity index (χ4v) is 2.08. The third-order valence-corrected chi connectivity index (χ3v) is 3.16. The molecule has 2 unspecified atom stereocenters. The second-order valence-electron chi connectivity index (χ2n) is 4.34. The van der Waals surface area contributed by atoms with Crippen molar-refractivity contribution in [2.45, 2.75) is 25.9 Å². The van der Waals surface area contributed by atoms with E-state index >= 15 is 0 Å². The van der Waals surface area contributed by atoms with E-state index in [2.05, 4.69) is 6.92 Å². The molecule has 4 heteroatoms. The molecule has 0 bridgehead atoms. The first-order valence-corrected chi connectivity index (χ1v) is 6.27. The maximum Gasteiger partial charge on any atom is 0.161 e. The Kier molecular flexibility index (Phi) is 5.95. The van der Waals surface area contributed by atoms with Gasteiger partial charge < -0.3 is 20.3 Å². The van der Waals surface area contributed by atoms with E-state index in [0.29, 0.717) is 18.0 Å². The lowest BCUT2D eigenvalue weighted by molar-refractivity contribution is 0.106. The molecule has 1 aromatic rings. The number of aliphatic hydroxyl groups is 1. The molecule has 102 valence electrons. The van der Waals surface area contributed by atoms with Crippen molar-refractivity contribution >= 4 is 0 Å². The standard InChI is InChI=1S/C14H23NO3/c1-4-5-11(9-15)14(16)10-6-7-12(17-2)13(8-10)18-3/h6-8,11,14,16H,4-5,9,15H2,1-3H3. The average molecular weight is 253 g/mol. The number of ether oxygens (including phenoxy) is 2. The van der Waals surface area contributed by atoms with Gasteiger partial charge in [-0.1, -0.05) is 19.4 Å². The first-order chi connectivity index (χ1) is 8.67. The zero-order valence-corrected chi connectivity index (χ0v) is 11.3. The van der Waals surface area contributed by atoms with Gasteiger partial charge in [0.1, 0.15) is 0 Å². The topological polar surface area (TPSA) is 64.7 Å². The number of hydrogen-bond donors (Lipinski definition) is 2. The molecule has 0 spiro atoms. The summed E-state index contributed by atoms with van der Waals surface area (Å²) in [5, 5.41) is 10.3. The van der Waals surface area contributed by atoms with Gasteiger partial charge in [-0.15, -0.1) is 0 Å². The normalized spacial score (nSPS) is 14.1. The second kappa shape index (κ2) is 7.24. The Hall–Kier alpha value is -1.26. The Morgan fingerprint density at radius 3 is 2.39 bits per heavy atom. The van der Waals surface area contributed by atoms with Gasteiger partial charge in [-0.3, -0.25) is 0 Å². The predicted octanol–water partition coefficient (Wildman–Crippen LogP) is 2.11. The van der Waals surface area contributed by atoms with Crippen molar-refractivity contribution in [3.8, 4) is 11.5 Å². The van der Waals surface area contributed by atoms with Crippen molar-refractivity contribution < 1.29 is 14.6 Å². The van der Waals surface area contributed by atoms with Gasteiger partial charge in [0.25, 0.3) is 0 Å². The quantitative estimate of drug-likeness (QED) is 0.781. The highest BCUT2D eigenvalue weighted by atomic mass is 16.5. The maximum absolute atomic E-state index is 10.3. The average Bonchev–Trinajstić information content (AvgIpc) is 2.43. The summed E-state index contributed by atoms with van der Waals surface area (Å²) >= 11 is 0. The van der Waals surface area contributed by atoms with Crippen LogP contribution in [0, 0.1) is 5.92 Å². The second-order valence-corrected chi connectivity index (χ2v) is 4.34. The molecule has 0 aliphatic carbocycles. The van der Waals surface area contributed by atoms with Crippen LogP contribution >= 0.6 is 0 Å². The summed E-state index contributed by atoms with van der Waals surface area (Å²) in [7, 11) is 3.17. The molecule has 18 heavy (non-hydrogen) atoms. The van der Waals surface area contributed by atoms with E-state index in [1.165, 1.54) is 0 Å². The number of benzene rings is 1. The third kappa shape index (κ3) is 3.37. The number of nitrogens with two attached hydrogens (primary N) is 1. The van der Waals surface area contributed by atoms with E-state index in [0.717, 1.165) is 18.4 Å². The Bertz CT molecular complexity index is 368. The van der Waals surface area contributed by atoms with Crippen molar-refractivity contribution in [3.05, 3.63) is 23.8 Å². The predicted molar refractivity (Wildman–Crippen MR) is 72.0 cm³/mol. The molecule has 0 saturated heterocycles. The van der Waals surface area contributed by atoms with Gasteiger partial charge in [-0.05, 0) is 30.7 Å². The van der Waals surface area contributed by atoms with Gasteiger partial charge >= 0.3 is 0 Å². The fraction of sp³-hybridized carbons (Fsp3) is 0.571. The molecule has 0 saturated carbocycles. The van der Waals surface area contributed by atoms with Crippen LogP contribution in [0.3, 0.4) is 0 Å². The summed E-state index contributed by atoms with van der Waals surface area (Å²) in [6.45, 7) is 2.56. The number of methoxy groups -OCH3 is 2. The van der Waals surface area contributed by atoms with E-state index in [9.17, 15) is 5.11 Å². The molecule has 0 amide bonds. The van der Waals surface area contributed by atoms with Crippen LogP contribution in [0.2, 0.25) is 0 Å². The SMILES string of the molecule is CCCC(CN)C(O)c1ccc(OC)c(OC)c1. The van der Waals surface area contributed by atoms with Crippen LogP contribution in [0.1, 0.15) is 31.4 Å². The van der Waals surface area contributed by atoms with Gasteiger partial charge in [0.2, 0.25) is 0 Å². The summed E-state index contributed by atoms with van der Waals surface area (Å²) in [5.74, 6) is 1.36. The Morgan fingerprint density at radius 1 is 1.22 bits per heavy atom. The Labute approximate surface area is 109 Å². The monoisotopic (exact) mass is 253 g/mol. The van der Waals surface area contributed by atoms with E-state index in [1.807, 2.05) is 12.1 Å². The lowest BCUT2D eigenvalue weighted by atomic mass is 9.92. The fourth-order valence-electron chi connectivity index (χ4n) is 2.08. The van der Waals surface area contributed by atoms with Crippen LogP contribution < -0.4 is 15.2 Å². The van der Waals surface area contributed by atoms with Gasteiger partial charge in [0.05, 0.1) is 20.3 Å². The van der Waals surface area contributed by atoms with Crippen LogP contribution in [0.4, 0.5) is 0 Å². The van der Waals surface area contributed by atoms with Gasteiger partial charge in [0.15, 0.2) is 11.5 Å². The minimum atomic E-state index is -0.560. The first kappa shape index (κ1) is 14.8. The summed E-state index contributed by atoms with van der Waals surface area (Å²) in [6.07, 6.45) is 1.35. The molecule has 0 aliphatic heterocycles. The molecular weight excluding hydrogens is 230 g/mol. The van der Waals surface area contributed by atoms with Crippen molar-refractivity contribution in [2.24, 2.45) is 11.7 Å². The number of rotatable bonds is 7. The van der Waals surface area contributed by atoms with Gasteiger partial charge in [-0.2, -0.15) is 0 Å². The lowest BCUT2D eigenvalue weighted by Crippen LogP contribution is -2.21. The smallest absolute Gasteiger partial charge is 0.161 e. The van der Waals surface area contributed by atoms with E-state index < -0.39 is 6.10 Å². The van der Waals surface area contributed by atoms with E-state index in [4.69, 9.17) is 15.2 Å². The highest BCUT2D eigenvalue weighted by Crippen LogP contribution is 2.33. The minimum absolute atomic E-state index is 0.0769. The number of hydrogen-bond acceptors (Lipinski definition) is 4. The van der Waals surface area contributed by atoms with Crippen LogP contribution in [0.25, 0.3) is 0 Å². The minimum Gasteiger partial charge on any atom is -0.493 e. The third-order valence-electron chi connectivity index (χ3n) is 3.16. The van der Waals surface area contributed by atoms with Crippen molar-refractivity contribution in [1.29, 1.82) is 0 Å². The summed E-state index contributed by atoms with van der Waals surface area (Å²) in [6, 6.07) is 5.46. The molecule has 0 aromatic heterocycles. The largest absolute Gasteiger partial charge is 0.493 e. The summed E-state index contributed by atoms with van der Waals surface area (Å²) < 4.78 is 10.4. The molecule has 1 aromatic carbocycles.